The molecule has 1 aliphatic heterocycles. The van der Waals surface area contributed by atoms with Crippen LogP contribution in [0.5, 0.6) is 0 Å². The van der Waals surface area contributed by atoms with Crippen molar-refractivity contribution in [3.63, 3.8) is 0 Å². The van der Waals surface area contributed by atoms with Crippen molar-refractivity contribution in [2.24, 2.45) is 17.8 Å². The van der Waals surface area contributed by atoms with E-state index in [1.54, 1.807) is 0 Å². The third-order valence-corrected chi connectivity index (χ3v) is 10.1. The molecule has 2 aliphatic rings. The van der Waals surface area contributed by atoms with Gasteiger partial charge in [0.2, 0.25) is 5.91 Å². The Hall–Kier alpha value is -3.20. The second kappa shape index (κ2) is 14.3. The number of fused-ring (bicyclic) bond motifs is 1. The molecule has 44 heavy (non-hydrogen) atoms. The van der Waals surface area contributed by atoms with E-state index in [-0.39, 0.29) is 24.3 Å². The zero-order valence-electron chi connectivity index (χ0n) is 25.8. The second-order valence-electron chi connectivity index (χ2n) is 12.7. The molecule has 9 heteroatoms. The molecule has 3 aromatic rings. The first-order chi connectivity index (χ1) is 21.2. The molecule has 2 aromatic carbocycles. The van der Waals surface area contributed by atoms with Gasteiger partial charge >= 0.3 is 6.09 Å². The predicted octanol–water partition coefficient (Wildman–Crippen LogP) is 6.36. The summed E-state index contributed by atoms with van der Waals surface area (Å²) in [5, 5.41) is 29.2. The molecule has 1 saturated heterocycles. The molecule has 1 saturated carbocycles. The van der Waals surface area contributed by atoms with E-state index in [9.17, 15) is 14.7 Å². The third kappa shape index (κ3) is 7.03. The van der Waals surface area contributed by atoms with Gasteiger partial charge in [-0.1, -0.05) is 48.0 Å². The second-order valence-corrected chi connectivity index (χ2v) is 13.1. The number of hydrogen-bond acceptors (Lipinski definition) is 5. The van der Waals surface area contributed by atoms with Gasteiger partial charge in [-0.25, -0.2) is 9.78 Å². The van der Waals surface area contributed by atoms with Crippen LogP contribution in [-0.4, -0.2) is 65.3 Å². The molecular formula is C35H45ClN4O4. The van der Waals surface area contributed by atoms with Crippen LogP contribution in [0.2, 0.25) is 5.02 Å². The summed E-state index contributed by atoms with van der Waals surface area (Å²) in [6, 6.07) is 15.6. The van der Waals surface area contributed by atoms with Gasteiger partial charge in [0.25, 0.3) is 0 Å². The van der Waals surface area contributed by atoms with E-state index in [1.165, 1.54) is 0 Å². The number of nitrogens with zero attached hydrogens (tertiary/aromatic N) is 2. The van der Waals surface area contributed by atoms with Crippen LogP contribution in [0.1, 0.15) is 62.5 Å². The average Bonchev–Trinajstić information content (AvgIpc) is 3.03. The molecule has 1 aliphatic carbocycles. The van der Waals surface area contributed by atoms with Crippen molar-refractivity contribution >= 4 is 34.5 Å². The van der Waals surface area contributed by atoms with E-state index in [1.807, 2.05) is 67.4 Å². The van der Waals surface area contributed by atoms with E-state index >= 15 is 0 Å². The Morgan fingerprint density at radius 3 is 2.59 bits per heavy atom. The van der Waals surface area contributed by atoms with Gasteiger partial charge in [0, 0.05) is 42.4 Å². The lowest BCUT2D eigenvalue weighted by Gasteiger charge is -2.44. The quantitative estimate of drug-likeness (QED) is 0.196. The lowest BCUT2D eigenvalue weighted by atomic mass is 9.72. The highest BCUT2D eigenvalue weighted by atomic mass is 35.5. The summed E-state index contributed by atoms with van der Waals surface area (Å²) in [7, 11) is 1.98. The zero-order valence-corrected chi connectivity index (χ0v) is 26.6. The molecule has 2 atom stereocenters. The van der Waals surface area contributed by atoms with Crippen molar-refractivity contribution in [2.45, 2.75) is 63.9 Å². The first-order valence-electron chi connectivity index (χ1n) is 16.0. The van der Waals surface area contributed by atoms with Crippen molar-refractivity contribution in [1.29, 1.82) is 0 Å². The van der Waals surface area contributed by atoms with Crippen molar-refractivity contribution in [1.82, 2.24) is 20.5 Å². The highest BCUT2D eigenvalue weighted by Crippen LogP contribution is 2.46. The molecular weight excluding hydrogens is 576 g/mol. The number of aryl methyl sites for hydroxylation is 1. The highest BCUT2D eigenvalue weighted by Gasteiger charge is 2.44. The Kier molecular flexibility index (Phi) is 10.4. The maximum Gasteiger partial charge on any atom is 0.404 e. The van der Waals surface area contributed by atoms with Gasteiger partial charge in [-0.2, -0.15) is 0 Å². The van der Waals surface area contributed by atoms with E-state index in [0.717, 1.165) is 61.5 Å². The molecule has 1 aromatic heterocycles. The lowest BCUT2D eigenvalue weighted by molar-refractivity contribution is -0.142. The van der Waals surface area contributed by atoms with Crippen molar-refractivity contribution in [3.8, 4) is 11.3 Å². The summed E-state index contributed by atoms with van der Waals surface area (Å²) in [6.07, 6.45) is 5.12. The smallest absolute Gasteiger partial charge is 0.404 e. The minimum atomic E-state index is -1.35. The van der Waals surface area contributed by atoms with Crippen molar-refractivity contribution in [3.05, 3.63) is 64.7 Å². The minimum absolute atomic E-state index is 0.0292. The lowest BCUT2D eigenvalue weighted by Crippen LogP contribution is -2.50. The molecule has 8 nitrogen and oxygen atoms in total. The van der Waals surface area contributed by atoms with Gasteiger partial charge in [0.05, 0.1) is 21.8 Å². The Labute approximate surface area is 265 Å². The predicted molar refractivity (Wildman–Crippen MR) is 175 cm³/mol. The van der Waals surface area contributed by atoms with Gasteiger partial charge in [-0.3, -0.25) is 4.79 Å². The van der Waals surface area contributed by atoms with E-state index in [2.05, 4.69) is 10.6 Å². The van der Waals surface area contributed by atoms with E-state index in [0.29, 0.717) is 53.7 Å². The molecule has 0 spiro atoms. The largest absolute Gasteiger partial charge is 0.465 e. The van der Waals surface area contributed by atoms with E-state index in [4.69, 9.17) is 21.7 Å². The highest BCUT2D eigenvalue weighted by molar-refractivity contribution is 6.33. The number of carbonyl (C=O) groups is 2. The number of rotatable bonds is 10. The van der Waals surface area contributed by atoms with E-state index < -0.39 is 11.7 Å². The van der Waals surface area contributed by atoms with Crippen molar-refractivity contribution < 1.29 is 19.8 Å². The van der Waals surface area contributed by atoms with Crippen LogP contribution in [0.25, 0.3) is 22.2 Å². The number of aromatic nitrogens is 1. The number of nitrogens with one attached hydrogen (secondary N) is 2. The monoisotopic (exact) mass is 620 g/mol. The molecule has 2 heterocycles. The van der Waals surface area contributed by atoms with Crippen LogP contribution in [0, 0.1) is 24.7 Å². The van der Waals surface area contributed by atoms with Crippen molar-refractivity contribution in [2.75, 3.05) is 33.2 Å². The number of pyridine rings is 1. The number of piperidine rings is 1. The number of aliphatic hydroxyl groups is 1. The molecule has 4 N–H and O–H groups in total. The summed E-state index contributed by atoms with van der Waals surface area (Å²) < 4.78 is 0. The van der Waals surface area contributed by atoms with Gasteiger partial charge in [-0.05, 0) is 101 Å². The van der Waals surface area contributed by atoms with Gasteiger partial charge in [0.15, 0.2) is 0 Å². The normalized spacial score (nSPS) is 22.0. The zero-order chi connectivity index (χ0) is 31.3. The third-order valence-electron chi connectivity index (χ3n) is 9.77. The molecule has 0 radical (unpaired) electrons. The topological polar surface area (TPSA) is 115 Å². The molecule has 5 rings (SSSR count). The fourth-order valence-corrected chi connectivity index (χ4v) is 7.69. The summed E-state index contributed by atoms with van der Waals surface area (Å²) in [4.78, 5) is 32.0. The average molecular weight is 621 g/mol. The molecule has 2 fully saturated rings. The van der Waals surface area contributed by atoms with Crippen LogP contribution in [0.3, 0.4) is 0 Å². The summed E-state index contributed by atoms with van der Waals surface area (Å²) >= 11 is 6.91. The Morgan fingerprint density at radius 1 is 1.07 bits per heavy atom. The summed E-state index contributed by atoms with van der Waals surface area (Å²) in [5.41, 5.74) is 2.61. The van der Waals surface area contributed by atoms with Gasteiger partial charge in [-0.15, -0.1) is 0 Å². The maximum absolute atomic E-state index is 13.8. The molecule has 2 unspecified atom stereocenters. The number of carboxylic acid groups (broad SMARTS) is 1. The molecule has 2 amide bonds. The van der Waals surface area contributed by atoms with Gasteiger partial charge < -0.3 is 25.7 Å². The Bertz CT molecular complexity index is 1470. The van der Waals surface area contributed by atoms with Crippen LogP contribution in [0.4, 0.5) is 4.79 Å². The number of amides is 2. The number of hydrogen-bond donors (Lipinski definition) is 4. The summed E-state index contributed by atoms with van der Waals surface area (Å²) in [6.45, 7) is 4.38. The number of benzene rings is 2. The maximum atomic E-state index is 13.8. The Balaban J connectivity index is 1.47. The number of carbonyl (C=O) groups excluding carboxylic acids is 1. The minimum Gasteiger partial charge on any atom is -0.465 e. The summed E-state index contributed by atoms with van der Waals surface area (Å²) in [5.74, 6) is 0.605. The first-order valence-corrected chi connectivity index (χ1v) is 16.4. The molecule has 0 bridgehead atoms. The first kappa shape index (κ1) is 32.2. The Morgan fingerprint density at radius 2 is 1.84 bits per heavy atom. The number of likely N-dealkylation sites (tertiary alicyclic amines) is 1. The fourth-order valence-electron chi connectivity index (χ4n) is 7.42. The van der Waals surface area contributed by atoms with Crippen LogP contribution in [-0.2, 0) is 10.4 Å². The van der Waals surface area contributed by atoms with Gasteiger partial charge in [0.1, 0.15) is 0 Å². The fraction of sp³-hybridized carbons (Fsp3) is 0.514. The van der Waals surface area contributed by atoms with Crippen LogP contribution >= 0.6 is 11.6 Å². The standard InChI is InChI=1S/C35H45ClN4O4/c1-23-7-3-8-25-16-17-30(39-32(23)25)31-28(10-4-11-29(31)36)35(44,18-6-19-38-34(42)43)27-9-5-20-40(22-27)33(41)26-14-12-24(13-15-26)21-37-2/h3-4,7-8,10-11,16-17,24,26-27,37-38,44H,5-6,9,12-15,18-22H2,1-2H3,(H,42,43)/t24-,26-,27?,35?. The molecule has 236 valence electrons. The van der Waals surface area contributed by atoms with Crippen LogP contribution < -0.4 is 10.6 Å². The SMILES string of the molecule is CNC[C@H]1CC[C@H](C(=O)N2CCCC(C(O)(CCCNC(=O)O)c3cccc(Cl)c3-c3ccc4cccc(C)c4n3)C2)CC1. The number of halogens is 1. The van der Waals surface area contributed by atoms with Crippen LogP contribution in [0.15, 0.2) is 48.5 Å². The number of para-hydroxylation sites is 1.